The molecular weight excluding hydrogens is 214 g/mol. The molecule has 0 saturated heterocycles. The summed E-state index contributed by atoms with van der Waals surface area (Å²) in [6, 6.07) is 7.34. The third-order valence-corrected chi connectivity index (χ3v) is 2.84. The monoisotopic (exact) mass is 221 g/mol. The molecule has 6 heteroatoms. The van der Waals surface area contributed by atoms with E-state index in [1.165, 1.54) is 0 Å². The molecule has 0 radical (unpaired) electrons. The number of carbonyl (C=O) groups excluding carboxylic acids is 1. The highest BCUT2D eigenvalue weighted by Crippen LogP contribution is 2.30. The van der Waals surface area contributed by atoms with Crippen molar-refractivity contribution in [1.29, 1.82) is 0 Å². The van der Waals surface area contributed by atoms with Gasteiger partial charge in [-0.1, -0.05) is 30.1 Å². The minimum atomic E-state index is -0.434. The van der Waals surface area contributed by atoms with E-state index in [1.807, 2.05) is 18.2 Å². The van der Waals surface area contributed by atoms with Gasteiger partial charge in [0.15, 0.2) is 0 Å². The number of benzene rings is 1. The highest BCUT2D eigenvalue weighted by atomic mass is 32.2. The number of rotatable bonds is 2. The normalized spacial score (nSPS) is 18.7. The summed E-state index contributed by atoms with van der Waals surface area (Å²) in [5, 5.41) is -0.434. The minimum Gasteiger partial charge on any atom is -0.425 e. The molecule has 0 aromatic heterocycles. The minimum absolute atomic E-state index is 0.355. The van der Waals surface area contributed by atoms with E-state index in [0.717, 1.165) is 17.5 Å². The van der Waals surface area contributed by atoms with Gasteiger partial charge in [0.2, 0.25) is 0 Å². The molecule has 0 saturated carbocycles. The molecule has 5 nitrogen and oxygen atoms in total. The number of hydrogen-bond donors (Lipinski definition) is 0. The van der Waals surface area contributed by atoms with Gasteiger partial charge in [0.1, 0.15) is 11.0 Å². The van der Waals surface area contributed by atoms with Crippen molar-refractivity contribution in [2.45, 2.75) is 11.7 Å². The molecule has 1 aliphatic rings. The second-order valence-corrected chi connectivity index (χ2v) is 3.94. The molecule has 2 rings (SSSR count). The zero-order chi connectivity index (χ0) is 10.7. The van der Waals surface area contributed by atoms with Gasteiger partial charge < -0.3 is 4.74 Å². The van der Waals surface area contributed by atoms with Gasteiger partial charge in [-0.3, -0.25) is 4.79 Å². The summed E-state index contributed by atoms with van der Waals surface area (Å²) in [5.41, 5.74) is 9.12. The van der Waals surface area contributed by atoms with E-state index < -0.39 is 5.25 Å². The second-order valence-electron chi connectivity index (χ2n) is 3.00. The van der Waals surface area contributed by atoms with Gasteiger partial charge in [-0.15, -0.1) is 0 Å². The first-order valence-corrected chi connectivity index (χ1v) is 5.15. The summed E-state index contributed by atoms with van der Waals surface area (Å²) in [6.07, 6.45) is 0.540. The Morgan fingerprint density at radius 2 is 2.33 bits per heavy atom. The van der Waals surface area contributed by atoms with Crippen LogP contribution in [0.3, 0.4) is 0 Å². The van der Waals surface area contributed by atoms with Crippen molar-refractivity contribution in [2.24, 2.45) is 4.52 Å². The molecule has 76 valence electrons. The van der Waals surface area contributed by atoms with Gasteiger partial charge in [-0.25, -0.2) is 0 Å². The maximum Gasteiger partial charge on any atom is 0.325 e. The first-order chi connectivity index (χ1) is 7.31. The van der Waals surface area contributed by atoms with Crippen molar-refractivity contribution in [3.63, 3.8) is 0 Å². The topological polar surface area (TPSA) is 75.1 Å². The Bertz CT molecular complexity index is 443. The Hall–Kier alpha value is -1.65. The predicted octanol–water partition coefficient (Wildman–Crippen LogP) is 2.48. The van der Waals surface area contributed by atoms with Crippen LogP contribution in [-0.4, -0.2) is 11.2 Å². The number of carbonyl (C=O) groups is 1. The summed E-state index contributed by atoms with van der Waals surface area (Å²) in [5.74, 6) is 0.242. The molecule has 1 heterocycles. The molecule has 0 bridgehead atoms. The lowest BCUT2D eigenvalue weighted by Crippen LogP contribution is -2.29. The molecule has 0 spiro atoms. The van der Waals surface area contributed by atoms with E-state index in [0.29, 0.717) is 12.2 Å². The smallest absolute Gasteiger partial charge is 0.325 e. The zero-order valence-corrected chi connectivity index (χ0v) is 8.48. The molecule has 1 atom stereocenters. The van der Waals surface area contributed by atoms with Crippen molar-refractivity contribution < 1.29 is 9.53 Å². The van der Waals surface area contributed by atoms with Crippen LogP contribution in [0.25, 0.3) is 10.4 Å². The fraction of sp³-hybridized carbons (Fsp3) is 0.222. The number of hydrogen-bond acceptors (Lipinski definition) is 4. The molecule has 1 aromatic carbocycles. The van der Waals surface area contributed by atoms with Gasteiger partial charge in [-0.05, 0) is 28.1 Å². The van der Waals surface area contributed by atoms with E-state index in [2.05, 4.69) is 9.43 Å². The van der Waals surface area contributed by atoms with Crippen molar-refractivity contribution >= 4 is 17.9 Å². The third kappa shape index (κ3) is 2.06. The average molecular weight is 221 g/mol. The molecule has 0 N–H and O–H groups in total. The van der Waals surface area contributed by atoms with E-state index in [4.69, 9.17) is 10.3 Å². The number of fused-ring (bicyclic) bond motifs is 1. The number of para-hydroxylation sites is 1. The SMILES string of the molecule is [N-]=[N+]=NSC1Cc2ccccc2OC1=O. The van der Waals surface area contributed by atoms with Crippen LogP contribution in [0.5, 0.6) is 5.75 Å². The fourth-order valence-corrected chi connectivity index (χ4v) is 1.93. The number of azide groups is 1. The van der Waals surface area contributed by atoms with Crippen LogP contribution in [0.2, 0.25) is 0 Å². The van der Waals surface area contributed by atoms with Gasteiger partial charge >= 0.3 is 5.97 Å². The van der Waals surface area contributed by atoms with Crippen molar-refractivity contribution in [3.05, 3.63) is 40.3 Å². The molecular formula is C9H7N3O2S. The lowest BCUT2D eigenvalue weighted by molar-refractivity contribution is -0.134. The van der Waals surface area contributed by atoms with Crippen LogP contribution >= 0.6 is 11.9 Å². The Morgan fingerprint density at radius 3 is 3.13 bits per heavy atom. The Kier molecular flexibility index (Phi) is 2.80. The fourth-order valence-electron chi connectivity index (χ4n) is 1.39. The molecule has 15 heavy (non-hydrogen) atoms. The van der Waals surface area contributed by atoms with Crippen molar-refractivity contribution in [3.8, 4) is 5.75 Å². The van der Waals surface area contributed by atoms with Crippen molar-refractivity contribution in [1.82, 2.24) is 0 Å². The van der Waals surface area contributed by atoms with Crippen LogP contribution in [0, 0.1) is 0 Å². The summed E-state index contributed by atoms with van der Waals surface area (Å²) in [7, 11) is 0. The lowest BCUT2D eigenvalue weighted by Gasteiger charge is -2.20. The van der Waals surface area contributed by atoms with Gasteiger partial charge in [0.05, 0.1) is 0 Å². The van der Waals surface area contributed by atoms with Gasteiger partial charge in [-0.2, -0.15) is 0 Å². The highest BCUT2D eigenvalue weighted by molar-refractivity contribution is 7.99. The van der Waals surface area contributed by atoms with Crippen LogP contribution in [0.1, 0.15) is 5.56 Å². The molecule has 0 aliphatic carbocycles. The molecule has 0 amide bonds. The van der Waals surface area contributed by atoms with Crippen LogP contribution in [0.15, 0.2) is 28.8 Å². The maximum atomic E-state index is 11.4. The standard InChI is InChI=1S/C9H7N3O2S/c10-11-12-15-8-5-6-3-1-2-4-7(6)14-9(8)13/h1-4,8H,5H2. The van der Waals surface area contributed by atoms with E-state index in [1.54, 1.807) is 6.07 Å². The maximum absolute atomic E-state index is 11.4. The molecule has 0 fully saturated rings. The highest BCUT2D eigenvalue weighted by Gasteiger charge is 2.28. The van der Waals surface area contributed by atoms with Gasteiger partial charge in [0, 0.05) is 4.91 Å². The Morgan fingerprint density at radius 1 is 1.53 bits per heavy atom. The first-order valence-electron chi connectivity index (χ1n) is 4.31. The molecule has 1 unspecified atom stereocenters. The number of ether oxygens (including phenoxy) is 1. The largest absolute Gasteiger partial charge is 0.425 e. The summed E-state index contributed by atoms with van der Waals surface area (Å²) < 4.78 is 8.41. The summed E-state index contributed by atoms with van der Waals surface area (Å²) in [6.45, 7) is 0. The van der Waals surface area contributed by atoms with Crippen LogP contribution in [0.4, 0.5) is 0 Å². The number of esters is 1. The predicted molar refractivity (Wildman–Crippen MR) is 56.3 cm³/mol. The quantitative estimate of drug-likeness (QED) is 0.192. The summed E-state index contributed by atoms with van der Waals surface area (Å²) >= 11 is 0.903. The Labute approximate surface area is 90.2 Å². The second kappa shape index (κ2) is 4.25. The zero-order valence-electron chi connectivity index (χ0n) is 7.66. The van der Waals surface area contributed by atoms with Crippen LogP contribution < -0.4 is 4.74 Å². The lowest BCUT2D eigenvalue weighted by atomic mass is 10.1. The first kappa shape index (κ1) is 9.89. The average Bonchev–Trinajstić information content (AvgIpc) is 2.26. The number of nitrogens with zero attached hydrogens (tertiary/aromatic N) is 3. The van der Waals surface area contributed by atoms with E-state index in [-0.39, 0.29) is 5.97 Å². The Balaban J connectivity index is 2.21. The van der Waals surface area contributed by atoms with E-state index in [9.17, 15) is 4.79 Å². The third-order valence-electron chi connectivity index (χ3n) is 2.06. The van der Waals surface area contributed by atoms with E-state index >= 15 is 0 Å². The molecule has 1 aromatic rings. The summed E-state index contributed by atoms with van der Waals surface area (Å²) in [4.78, 5) is 14.0. The van der Waals surface area contributed by atoms with Crippen molar-refractivity contribution in [2.75, 3.05) is 0 Å². The van der Waals surface area contributed by atoms with Crippen LogP contribution in [-0.2, 0) is 11.2 Å². The van der Waals surface area contributed by atoms with Gasteiger partial charge in [0.25, 0.3) is 0 Å². The molecule has 1 aliphatic heterocycles.